The van der Waals surface area contributed by atoms with Crippen LogP contribution in [-0.2, 0) is 4.79 Å². The fourth-order valence-corrected chi connectivity index (χ4v) is 3.74. The minimum atomic E-state index is -0.316. The van der Waals surface area contributed by atoms with Crippen LogP contribution >= 0.6 is 0 Å². The van der Waals surface area contributed by atoms with Gasteiger partial charge in [0.25, 0.3) is 11.9 Å². The van der Waals surface area contributed by atoms with E-state index >= 15 is 0 Å². The van der Waals surface area contributed by atoms with Gasteiger partial charge in [0.05, 0.1) is 13.0 Å². The highest BCUT2D eigenvalue weighted by atomic mass is 19.1. The Labute approximate surface area is 179 Å². The predicted molar refractivity (Wildman–Crippen MR) is 114 cm³/mol. The van der Waals surface area contributed by atoms with E-state index in [2.05, 4.69) is 5.32 Å². The Morgan fingerprint density at radius 3 is 2.65 bits per heavy atom. The van der Waals surface area contributed by atoms with Crippen molar-refractivity contribution >= 4 is 17.5 Å². The molecular formula is C24H23FN2O4. The van der Waals surface area contributed by atoms with E-state index in [0.717, 1.165) is 17.5 Å². The molecule has 1 aliphatic rings. The van der Waals surface area contributed by atoms with E-state index in [1.54, 1.807) is 29.2 Å². The molecule has 1 N–H and O–H groups in total. The van der Waals surface area contributed by atoms with Gasteiger partial charge in [-0.3, -0.25) is 9.59 Å². The fourth-order valence-electron chi connectivity index (χ4n) is 3.74. The number of nitrogens with zero attached hydrogens (tertiary/aromatic N) is 1. The van der Waals surface area contributed by atoms with E-state index in [4.69, 9.17) is 9.15 Å². The van der Waals surface area contributed by atoms with Crippen molar-refractivity contribution in [2.75, 3.05) is 25.5 Å². The van der Waals surface area contributed by atoms with E-state index in [1.165, 1.54) is 19.2 Å². The molecule has 7 heteroatoms. The molecule has 1 fully saturated rings. The van der Waals surface area contributed by atoms with Gasteiger partial charge in [-0.2, -0.15) is 0 Å². The number of ether oxygens (including phenoxy) is 1. The van der Waals surface area contributed by atoms with Crippen molar-refractivity contribution in [2.24, 2.45) is 5.92 Å². The van der Waals surface area contributed by atoms with E-state index in [0.29, 0.717) is 25.2 Å². The summed E-state index contributed by atoms with van der Waals surface area (Å²) >= 11 is 0. The maximum Gasteiger partial charge on any atom is 0.289 e. The van der Waals surface area contributed by atoms with Gasteiger partial charge in [0.1, 0.15) is 5.82 Å². The van der Waals surface area contributed by atoms with Crippen LogP contribution in [-0.4, -0.2) is 36.9 Å². The van der Waals surface area contributed by atoms with Crippen LogP contribution in [0.4, 0.5) is 10.1 Å². The van der Waals surface area contributed by atoms with Crippen LogP contribution in [0.15, 0.2) is 65.1 Å². The number of amides is 2. The molecule has 3 aromatic rings. The SMILES string of the molecule is COc1ccc(C(=O)N2CCCC(C(=O)Nc3cccc(-c4ccc(F)cc4)c3)C2)o1. The third kappa shape index (κ3) is 4.77. The normalized spacial score (nSPS) is 16.1. The number of methoxy groups -OCH3 is 1. The van der Waals surface area contributed by atoms with Crippen molar-refractivity contribution in [3.8, 4) is 17.1 Å². The summed E-state index contributed by atoms with van der Waals surface area (Å²) in [6, 6.07) is 16.8. The number of rotatable bonds is 5. The number of hydrogen-bond donors (Lipinski definition) is 1. The van der Waals surface area contributed by atoms with Gasteiger partial charge < -0.3 is 19.4 Å². The summed E-state index contributed by atoms with van der Waals surface area (Å²) in [5, 5.41) is 2.95. The third-order valence-electron chi connectivity index (χ3n) is 5.38. The Morgan fingerprint density at radius 1 is 1.10 bits per heavy atom. The number of halogens is 1. The Hall–Kier alpha value is -3.61. The molecule has 1 saturated heterocycles. The molecule has 160 valence electrons. The lowest BCUT2D eigenvalue weighted by atomic mass is 9.96. The van der Waals surface area contributed by atoms with E-state index in [-0.39, 0.29) is 35.3 Å². The van der Waals surface area contributed by atoms with Crippen molar-refractivity contribution in [1.82, 2.24) is 4.90 Å². The van der Waals surface area contributed by atoms with Crippen molar-refractivity contribution in [2.45, 2.75) is 12.8 Å². The maximum atomic E-state index is 13.2. The number of likely N-dealkylation sites (tertiary alicyclic amines) is 1. The molecule has 1 unspecified atom stereocenters. The Morgan fingerprint density at radius 2 is 1.90 bits per heavy atom. The van der Waals surface area contributed by atoms with Crippen molar-refractivity contribution in [1.29, 1.82) is 0 Å². The molecule has 1 aliphatic heterocycles. The van der Waals surface area contributed by atoms with Crippen molar-refractivity contribution in [3.63, 3.8) is 0 Å². The highest BCUT2D eigenvalue weighted by Crippen LogP contribution is 2.25. The van der Waals surface area contributed by atoms with Gasteiger partial charge in [0.2, 0.25) is 5.91 Å². The summed E-state index contributed by atoms with van der Waals surface area (Å²) in [4.78, 5) is 27.2. The Balaban J connectivity index is 1.42. The molecular weight excluding hydrogens is 399 g/mol. The van der Waals surface area contributed by atoms with Gasteiger partial charge in [-0.25, -0.2) is 4.39 Å². The van der Waals surface area contributed by atoms with Crippen LogP contribution in [0.3, 0.4) is 0 Å². The smallest absolute Gasteiger partial charge is 0.289 e. The second kappa shape index (κ2) is 9.04. The average Bonchev–Trinajstić information content (AvgIpc) is 3.29. The van der Waals surface area contributed by atoms with Crippen LogP contribution in [0.25, 0.3) is 11.1 Å². The molecule has 6 nitrogen and oxygen atoms in total. The highest BCUT2D eigenvalue weighted by Gasteiger charge is 2.30. The number of piperidine rings is 1. The number of carbonyl (C=O) groups is 2. The molecule has 0 radical (unpaired) electrons. The van der Waals surface area contributed by atoms with Gasteiger partial charge in [-0.05, 0) is 54.3 Å². The highest BCUT2D eigenvalue weighted by molar-refractivity contribution is 5.95. The van der Waals surface area contributed by atoms with Crippen LogP contribution in [0.2, 0.25) is 0 Å². The minimum absolute atomic E-state index is 0.134. The first-order valence-corrected chi connectivity index (χ1v) is 10.1. The molecule has 31 heavy (non-hydrogen) atoms. The van der Waals surface area contributed by atoms with Crippen molar-refractivity contribution in [3.05, 3.63) is 72.2 Å². The first-order chi connectivity index (χ1) is 15.0. The lowest BCUT2D eigenvalue weighted by Gasteiger charge is -2.31. The number of furan rings is 1. The van der Waals surface area contributed by atoms with Gasteiger partial charge in [0.15, 0.2) is 5.76 Å². The number of benzene rings is 2. The molecule has 1 aromatic heterocycles. The lowest BCUT2D eigenvalue weighted by molar-refractivity contribution is -0.121. The quantitative estimate of drug-likeness (QED) is 0.653. The van der Waals surface area contributed by atoms with Crippen LogP contribution in [0, 0.1) is 11.7 Å². The minimum Gasteiger partial charge on any atom is -0.468 e. The standard InChI is InChI=1S/C24H23FN2O4/c1-30-22-12-11-21(31-22)24(29)27-13-3-5-18(15-27)23(28)26-20-6-2-4-17(14-20)16-7-9-19(25)10-8-16/h2,4,6-12,14,18H,3,5,13,15H2,1H3,(H,26,28). The number of hydrogen-bond acceptors (Lipinski definition) is 4. The first kappa shape index (κ1) is 20.7. The average molecular weight is 422 g/mol. The summed E-state index contributed by atoms with van der Waals surface area (Å²) in [6.07, 6.45) is 1.44. The van der Waals surface area contributed by atoms with Crippen LogP contribution in [0.1, 0.15) is 23.4 Å². The van der Waals surface area contributed by atoms with Crippen LogP contribution < -0.4 is 10.1 Å². The largest absolute Gasteiger partial charge is 0.468 e. The molecule has 0 spiro atoms. The van der Waals surface area contributed by atoms with E-state index in [9.17, 15) is 14.0 Å². The zero-order valence-electron chi connectivity index (χ0n) is 17.1. The van der Waals surface area contributed by atoms with Crippen molar-refractivity contribution < 1.29 is 23.1 Å². The third-order valence-corrected chi connectivity index (χ3v) is 5.38. The van der Waals surface area contributed by atoms with Gasteiger partial charge in [-0.15, -0.1) is 0 Å². The van der Waals surface area contributed by atoms with Gasteiger partial charge >= 0.3 is 0 Å². The predicted octanol–water partition coefficient (Wildman–Crippen LogP) is 4.59. The number of carbonyl (C=O) groups excluding carboxylic acids is 2. The Kier molecular flexibility index (Phi) is 6.02. The monoisotopic (exact) mass is 422 g/mol. The molecule has 2 aromatic carbocycles. The zero-order chi connectivity index (χ0) is 21.8. The summed E-state index contributed by atoms with van der Waals surface area (Å²) in [5.41, 5.74) is 2.40. The van der Waals surface area contributed by atoms with E-state index < -0.39 is 0 Å². The second-order valence-corrected chi connectivity index (χ2v) is 7.49. The summed E-state index contributed by atoms with van der Waals surface area (Å²) < 4.78 is 23.5. The fraction of sp³-hybridized carbons (Fsp3) is 0.250. The molecule has 0 bridgehead atoms. The lowest BCUT2D eigenvalue weighted by Crippen LogP contribution is -2.43. The summed E-state index contributed by atoms with van der Waals surface area (Å²) in [6.45, 7) is 0.900. The first-order valence-electron chi connectivity index (χ1n) is 10.1. The van der Waals surface area contributed by atoms with Gasteiger partial charge in [0, 0.05) is 24.8 Å². The molecule has 0 saturated carbocycles. The van der Waals surface area contributed by atoms with E-state index in [1.807, 2.05) is 24.3 Å². The molecule has 1 atom stereocenters. The van der Waals surface area contributed by atoms with Gasteiger partial charge in [-0.1, -0.05) is 24.3 Å². The maximum absolute atomic E-state index is 13.2. The number of anilines is 1. The Bertz CT molecular complexity index is 1080. The number of nitrogens with one attached hydrogen (secondary N) is 1. The summed E-state index contributed by atoms with van der Waals surface area (Å²) in [5.74, 6) is -0.521. The molecule has 2 heterocycles. The second-order valence-electron chi connectivity index (χ2n) is 7.49. The summed E-state index contributed by atoms with van der Waals surface area (Å²) in [7, 11) is 1.47. The molecule has 0 aliphatic carbocycles. The molecule has 4 rings (SSSR count). The zero-order valence-corrected chi connectivity index (χ0v) is 17.1. The van der Waals surface area contributed by atoms with Crippen LogP contribution in [0.5, 0.6) is 5.95 Å². The topological polar surface area (TPSA) is 71.8 Å². The molecule has 2 amide bonds.